The minimum atomic E-state index is -2.28. The molecule has 1 nitrogen and oxygen atoms in total. The number of aromatic nitrogens is 1. The van der Waals surface area contributed by atoms with Crippen LogP contribution in [-0.2, 0) is 0 Å². The van der Waals surface area contributed by atoms with Gasteiger partial charge in [-0.3, -0.25) is 0 Å². The van der Waals surface area contributed by atoms with E-state index in [1.54, 1.807) is 5.19 Å². The number of nitrogens with zero attached hydrogens (tertiary/aromatic N) is 1. The van der Waals surface area contributed by atoms with Crippen LogP contribution in [0.3, 0.4) is 0 Å². The summed E-state index contributed by atoms with van der Waals surface area (Å²) in [6, 6.07) is 61.7. The first-order valence-corrected chi connectivity index (χ1v) is 28.3. The summed E-state index contributed by atoms with van der Waals surface area (Å²) in [6.07, 6.45) is 0. The van der Waals surface area contributed by atoms with E-state index in [0.717, 1.165) is 0 Å². The Balaban J connectivity index is 1.23. The third-order valence-electron chi connectivity index (χ3n) is 14.9. The SMILES string of the molecule is CC(C)[Si](c1ccc(-n2c3ccc([Si]4(C)c5ccccc5-c5ccccc54)cc3c3cc([Si]4(C)c5ccccc5-c5ccccc54)ccc32)cc1)(C(C)C)C(C)C. The molecular formula is C53H53NSi3. The van der Waals surface area contributed by atoms with Crippen molar-refractivity contribution in [3.63, 3.8) is 0 Å². The van der Waals surface area contributed by atoms with Gasteiger partial charge < -0.3 is 4.57 Å². The van der Waals surface area contributed by atoms with Crippen molar-refractivity contribution in [1.82, 2.24) is 4.57 Å². The normalized spacial score (nSPS) is 15.1. The number of hydrogen-bond donors (Lipinski definition) is 0. The molecule has 3 heterocycles. The number of fused-ring (bicyclic) bond motifs is 9. The standard InChI is InChI=1S/C53H53NSi3/c1-35(2)57(36(3)4,37(5)6)39-27-25-38(26-28-39)54-48-31-29-40(55(7)50-21-13-9-17-42(50)43-18-10-14-22-51(43)55)33-46(48)47-34-41(30-32-49(47)54)56(8)52-23-15-11-19-44(52)45-20-12-16-24-53(45)56/h9-37H,1-8H3. The summed E-state index contributed by atoms with van der Waals surface area (Å²) in [4.78, 5) is 0. The number of rotatable bonds is 7. The molecule has 2 aliphatic rings. The molecule has 10 rings (SSSR count). The van der Waals surface area contributed by atoms with Crippen molar-refractivity contribution in [2.45, 2.75) is 71.3 Å². The molecule has 7 aromatic carbocycles. The third kappa shape index (κ3) is 4.84. The lowest BCUT2D eigenvalue weighted by molar-refractivity contribution is 0.835. The maximum absolute atomic E-state index is 2.60. The van der Waals surface area contributed by atoms with Crippen LogP contribution in [0.4, 0.5) is 0 Å². The molecule has 0 amide bonds. The molecule has 0 atom stereocenters. The highest BCUT2D eigenvalue weighted by Crippen LogP contribution is 2.42. The zero-order valence-corrected chi connectivity index (χ0v) is 37.7. The molecule has 0 bridgehead atoms. The van der Waals surface area contributed by atoms with Crippen molar-refractivity contribution in [2.24, 2.45) is 0 Å². The molecule has 1 aromatic heterocycles. The third-order valence-corrected chi connectivity index (χ3v) is 30.9. The Morgan fingerprint density at radius 1 is 0.404 bits per heavy atom. The van der Waals surface area contributed by atoms with Crippen LogP contribution >= 0.6 is 0 Å². The van der Waals surface area contributed by atoms with E-state index >= 15 is 0 Å². The molecule has 0 spiro atoms. The van der Waals surface area contributed by atoms with E-state index in [2.05, 4.69) is 217 Å². The van der Waals surface area contributed by atoms with E-state index in [4.69, 9.17) is 0 Å². The van der Waals surface area contributed by atoms with Gasteiger partial charge in [0.25, 0.3) is 0 Å². The van der Waals surface area contributed by atoms with E-state index in [9.17, 15) is 0 Å². The quantitative estimate of drug-likeness (QED) is 0.142. The smallest absolute Gasteiger partial charge is 0.147 e. The minimum Gasteiger partial charge on any atom is -0.309 e. The molecular weight excluding hydrogens is 735 g/mol. The summed E-state index contributed by atoms with van der Waals surface area (Å²) in [5.74, 6) is 0. The summed E-state index contributed by atoms with van der Waals surface area (Å²) in [5.41, 5.74) is 11.5. The monoisotopic (exact) mass is 787 g/mol. The van der Waals surface area contributed by atoms with Crippen molar-refractivity contribution in [3.05, 3.63) is 158 Å². The van der Waals surface area contributed by atoms with Crippen LogP contribution in [0, 0.1) is 0 Å². The minimum absolute atomic E-state index is 0.668. The Bertz CT molecular complexity index is 2610. The van der Waals surface area contributed by atoms with E-state index in [1.165, 1.54) is 80.9 Å². The summed E-state index contributed by atoms with van der Waals surface area (Å²) in [6.45, 7) is 20.0. The highest BCUT2D eigenvalue weighted by atomic mass is 28.3. The van der Waals surface area contributed by atoms with Crippen LogP contribution in [0.25, 0.3) is 49.7 Å². The van der Waals surface area contributed by atoms with Crippen LogP contribution < -0.4 is 36.3 Å². The molecule has 0 unspecified atom stereocenters. The fourth-order valence-corrected chi connectivity index (χ4v) is 27.4. The Hall–Kier alpha value is -5.01. The first-order chi connectivity index (χ1) is 27.5. The van der Waals surface area contributed by atoms with E-state index < -0.39 is 24.2 Å². The predicted molar refractivity (Wildman–Crippen MR) is 256 cm³/mol. The molecule has 0 saturated heterocycles. The highest BCUT2D eigenvalue weighted by molar-refractivity contribution is 7.14. The zero-order chi connectivity index (χ0) is 39.4. The molecule has 282 valence electrons. The van der Waals surface area contributed by atoms with Gasteiger partial charge in [0.05, 0.1) is 19.1 Å². The second-order valence-electron chi connectivity index (χ2n) is 18.2. The molecule has 0 N–H and O–H groups in total. The van der Waals surface area contributed by atoms with Crippen molar-refractivity contribution >= 4 is 82.3 Å². The summed E-state index contributed by atoms with van der Waals surface area (Å²) in [7, 11) is -6.37. The molecule has 2 aliphatic heterocycles. The average molecular weight is 788 g/mol. The number of benzene rings is 7. The van der Waals surface area contributed by atoms with Crippen LogP contribution in [0.5, 0.6) is 0 Å². The topological polar surface area (TPSA) is 4.93 Å². The van der Waals surface area contributed by atoms with Gasteiger partial charge in [-0.2, -0.15) is 0 Å². The summed E-state index contributed by atoms with van der Waals surface area (Å²) < 4.78 is 2.56. The molecule has 0 aliphatic carbocycles. The predicted octanol–water partition coefficient (Wildman–Crippen LogP) is 9.83. The molecule has 57 heavy (non-hydrogen) atoms. The van der Waals surface area contributed by atoms with Crippen LogP contribution in [0.15, 0.2) is 158 Å². The van der Waals surface area contributed by atoms with E-state index in [0.29, 0.717) is 16.6 Å². The first-order valence-electron chi connectivity index (χ1n) is 21.1. The second kappa shape index (κ2) is 13.0. The van der Waals surface area contributed by atoms with Crippen LogP contribution in [-0.4, -0.2) is 28.8 Å². The van der Waals surface area contributed by atoms with Crippen LogP contribution in [0.2, 0.25) is 29.7 Å². The summed E-state index contributed by atoms with van der Waals surface area (Å²) in [5, 5.41) is 13.4. The first kappa shape index (κ1) is 36.3. The van der Waals surface area contributed by atoms with Crippen molar-refractivity contribution in [3.8, 4) is 27.9 Å². The van der Waals surface area contributed by atoms with Gasteiger partial charge in [-0.25, -0.2) is 0 Å². The lowest BCUT2D eigenvalue weighted by Gasteiger charge is -2.43. The van der Waals surface area contributed by atoms with Gasteiger partial charge in [-0.15, -0.1) is 0 Å². The van der Waals surface area contributed by atoms with Crippen molar-refractivity contribution in [1.29, 1.82) is 0 Å². The molecule has 0 radical (unpaired) electrons. The van der Waals surface area contributed by atoms with Crippen LogP contribution in [0.1, 0.15) is 41.5 Å². The Labute approximate surface area is 342 Å². The van der Waals surface area contributed by atoms with Gasteiger partial charge in [-0.05, 0) is 94.3 Å². The fraction of sp³-hybridized carbons (Fsp3) is 0.208. The Morgan fingerprint density at radius 2 is 0.737 bits per heavy atom. The number of hydrogen-bond acceptors (Lipinski definition) is 0. The van der Waals surface area contributed by atoms with E-state index in [1.807, 2.05) is 0 Å². The summed E-state index contributed by atoms with van der Waals surface area (Å²) >= 11 is 0. The molecule has 4 heteroatoms. The van der Waals surface area contributed by atoms with E-state index in [-0.39, 0.29) is 0 Å². The van der Waals surface area contributed by atoms with Gasteiger partial charge >= 0.3 is 0 Å². The largest absolute Gasteiger partial charge is 0.309 e. The highest BCUT2D eigenvalue weighted by Gasteiger charge is 2.46. The van der Waals surface area contributed by atoms with Gasteiger partial charge in [0.2, 0.25) is 0 Å². The van der Waals surface area contributed by atoms with Crippen molar-refractivity contribution in [2.75, 3.05) is 0 Å². The lowest BCUT2D eigenvalue weighted by atomic mass is 10.1. The molecule has 0 fully saturated rings. The van der Waals surface area contributed by atoms with Gasteiger partial charge in [0, 0.05) is 16.5 Å². The van der Waals surface area contributed by atoms with Gasteiger partial charge in [0.15, 0.2) is 0 Å². The second-order valence-corrected chi connectivity index (χ2v) is 31.9. The Morgan fingerprint density at radius 3 is 1.07 bits per heavy atom. The maximum atomic E-state index is 2.60. The van der Waals surface area contributed by atoms with Gasteiger partial charge in [0.1, 0.15) is 16.1 Å². The lowest BCUT2D eigenvalue weighted by Crippen LogP contribution is -2.62. The average Bonchev–Trinajstić information content (AvgIpc) is 3.80. The molecule has 0 saturated carbocycles. The maximum Gasteiger partial charge on any atom is 0.147 e. The van der Waals surface area contributed by atoms with Gasteiger partial charge in [-0.1, -0.05) is 193 Å². The fourth-order valence-electron chi connectivity index (χ4n) is 12.4. The zero-order valence-electron chi connectivity index (χ0n) is 34.7. The van der Waals surface area contributed by atoms with Crippen molar-refractivity contribution < 1.29 is 0 Å². The Kier molecular flexibility index (Phi) is 8.29. The molecule has 8 aromatic rings.